The maximum Gasteiger partial charge on any atom is 1.00 e. The standard InChI is InChI=1S/C26H34N4O6S.Na/c1-26(2)13-22-24(23(31)14-26)21(11-15-3-4-15)29-30(22)17-7-10-19(25(27)32)20(12-17)28-16-5-8-18(9-6-16)36-37(33,34)35;/h7,10,12,15-16,18,28H,3-6,8-9,11,13-14H2,1-2H3,(H2,27,32)(H,33,34,35);/q;+1/p-1/t16-,18-;. The Hall–Kier alpha value is -1.76. The molecule has 0 aliphatic heterocycles. The van der Waals surface area contributed by atoms with Crippen molar-refractivity contribution in [3.63, 3.8) is 0 Å². The van der Waals surface area contributed by atoms with Gasteiger partial charge in [0, 0.05) is 18.2 Å². The summed E-state index contributed by atoms with van der Waals surface area (Å²) in [4.78, 5) is 25.4. The van der Waals surface area contributed by atoms with Crippen LogP contribution in [0.4, 0.5) is 5.69 Å². The number of hydrogen-bond acceptors (Lipinski definition) is 8. The van der Waals surface area contributed by atoms with Gasteiger partial charge in [0.2, 0.25) is 10.4 Å². The predicted octanol–water partition coefficient (Wildman–Crippen LogP) is 0.283. The largest absolute Gasteiger partial charge is 1.00 e. The van der Waals surface area contributed by atoms with E-state index in [9.17, 15) is 22.6 Å². The van der Waals surface area contributed by atoms with Gasteiger partial charge >= 0.3 is 29.6 Å². The molecule has 0 unspecified atom stereocenters. The van der Waals surface area contributed by atoms with E-state index in [0.29, 0.717) is 49.3 Å². The molecule has 5 rings (SSSR count). The van der Waals surface area contributed by atoms with E-state index in [1.165, 1.54) is 0 Å². The van der Waals surface area contributed by atoms with Gasteiger partial charge in [0.1, 0.15) is 0 Å². The van der Waals surface area contributed by atoms with Gasteiger partial charge in [-0.25, -0.2) is 13.1 Å². The Kier molecular flexibility index (Phi) is 8.47. The van der Waals surface area contributed by atoms with Gasteiger partial charge in [-0.1, -0.05) is 13.8 Å². The number of hydrogen-bond donors (Lipinski definition) is 2. The molecule has 2 fully saturated rings. The van der Waals surface area contributed by atoms with Gasteiger partial charge in [-0.15, -0.1) is 0 Å². The number of benzene rings is 1. The topological polar surface area (TPSA) is 156 Å². The number of carbonyl (C=O) groups is 2. The van der Waals surface area contributed by atoms with E-state index >= 15 is 0 Å². The second-order valence-electron chi connectivity index (χ2n) is 11.5. The van der Waals surface area contributed by atoms with E-state index in [4.69, 9.17) is 10.8 Å². The van der Waals surface area contributed by atoms with Crippen LogP contribution in [0, 0.1) is 11.3 Å². The van der Waals surface area contributed by atoms with Crippen molar-refractivity contribution in [2.24, 2.45) is 17.1 Å². The molecule has 12 heteroatoms. The van der Waals surface area contributed by atoms with Crippen LogP contribution in [-0.2, 0) is 27.4 Å². The van der Waals surface area contributed by atoms with E-state index in [-0.39, 0.29) is 46.8 Å². The van der Waals surface area contributed by atoms with Gasteiger partial charge in [-0.2, -0.15) is 5.10 Å². The monoisotopic (exact) mass is 552 g/mol. The predicted molar refractivity (Wildman–Crippen MR) is 135 cm³/mol. The Morgan fingerprint density at radius 3 is 2.47 bits per heavy atom. The van der Waals surface area contributed by atoms with Crippen LogP contribution in [0.15, 0.2) is 18.2 Å². The van der Waals surface area contributed by atoms with Crippen molar-refractivity contribution in [1.29, 1.82) is 0 Å². The number of ketones is 1. The fourth-order valence-corrected chi connectivity index (χ4v) is 6.19. The molecule has 0 saturated heterocycles. The number of nitrogens with one attached hydrogen (secondary N) is 1. The molecule has 1 amide bonds. The first-order chi connectivity index (χ1) is 17.4. The van der Waals surface area contributed by atoms with Crippen molar-refractivity contribution in [1.82, 2.24) is 9.78 Å². The first-order valence-electron chi connectivity index (χ1n) is 12.9. The average Bonchev–Trinajstić information content (AvgIpc) is 3.53. The molecule has 3 aliphatic rings. The molecule has 10 nitrogen and oxygen atoms in total. The summed E-state index contributed by atoms with van der Waals surface area (Å²) < 4.78 is 39.2. The van der Waals surface area contributed by atoms with Crippen molar-refractivity contribution in [2.75, 3.05) is 5.32 Å². The van der Waals surface area contributed by atoms with E-state index in [0.717, 1.165) is 48.3 Å². The average molecular weight is 553 g/mol. The molecule has 38 heavy (non-hydrogen) atoms. The molecule has 0 spiro atoms. The van der Waals surface area contributed by atoms with Crippen LogP contribution in [0.25, 0.3) is 5.69 Å². The van der Waals surface area contributed by atoms with Crippen LogP contribution < -0.4 is 40.6 Å². The molecule has 200 valence electrons. The number of carbonyl (C=O) groups excluding carboxylic acids is 2. The molecule has 0 bridgehead atoms. The third kappa shape index (κ3) is 6.68. The van der Waals surface area contributed by atoms with Gasteiger partial charge in [0.05, 0.1) is 34.3 Å². The minimum Gasteiger partial charge on any atom is -0.726 e. The van der Waals surface area contributed by atoms with Gasteiger partial charge in [-0.05, 0) is 80.9 Å². The Labute approximate surface area is 245 Å². The maximum atomic E-state index is 13.2. The minimum absolute atomic E-state index is 0. The molecule has 1 aromatic carbocycles. The summed E-state index contributed by atoms with van der Waals surface area (Å²) in [6.07, 6.45) is 5.64. The fourth-order valence-electron chi connectivity index (χ4n) is 5.67. The summed E-state index contributed by atoms with van der Waals surface area (Å²) in [5.41, 5.74) is 9.64. The summed E-state index contributed by atoms with van der Waals surface area (Å²) in [5.74, 6) is 0.149. The van der Waals surface area contributed by atoms with Crippen LogP contribution in [-0.4, -0.2) is 46.6 Å². The van der Waals surface area contributed by atoms with Gasteiger partial charge in [0.25, 0.3) is 5.91 Å². The molecule has 3 aliphatic carbocycles. The second kappa shape index (κ2) is 11.0. The molecular formula is C26H33N4NaO6S. The Morgan fingerprint density at radius 1 is 1.18 bits per heavy atom. The van der Waals surface area contributed by atoms with Crippen LogP contribution in [0.1, 0.15) is 90.9 Å². The zero-order valence-electron chi connectivity index (χ0n) is 22.2. The number of anilines is 1. The summed E-state index contributed by atoms with van der Waals surface area (Å²) in [7, 11) is -4.74. The number of Topliss-reactive ketones (excluding diaryl/α,β-unsaturated/α-hetero) is 1. The molecule has 1 aromatic heterocycles. The van der Waals surface area contributed by atoms with Crippen molar-refractivity contribution >= 4 is 27.8 Å². The minimum atomic E-state index is -4.74. The Bertz CT molecular complexity index is 1340. The molecule has 3 N–H and O–H groups in total. The third-order valence-corrected chi connectivity index (χ3v) is 8.11. The number of amides is 1. The van der Waals surface area contributed by atoms with Gasteiger partial charge in [0.15, 0.2) is 5.78 Å². The molecule has 1 heterocycles. The zero-order chi connectivity index (χ0) is 26.5. The van der Waals surface area contributed by atoms with E-state index in [1.54, 1.807) is 12.1 Å². The Morgan fingerprint density at radius 2 is 1.87 bits per heavy atom. The summed E-state index contributed by atoms with van der Waals surface area (Å²) in [6.45, 7) is 4.18. The Balaban J connectivity index is 0.00000336. The first kappa shape index (κ1) is 29.2. The van der Waals surface area contributed by atoms with Crippen LogP contribution >= 0.6 is 0 Å². The number of nitrogens with zero attached hydrogens (tertiary/aromatic N) is 2. The van der Waals surface area contributed by atoms with Crippen LogP contribution in [0.3, 0.4) is 0 Å². The van der Waals surface area contributed by atoms with Crippen molar-refractivity contribution in [2.45, 2.75) is 83.8 Å². The number of rotatable bonds is 8. The molecular weight excluding hydrogens is 519 g/mol. The van der Waals surface area contributed by atoms with Crippen molar-refractivity contribution in [3.8, 4) is 5.69 Å². The first-order valence-corrected chi connectivity index (χ1v) is 14.2. The number of fused-ring (bicyclic) bond motifs is 1. The van der Waals surface area contributed by atoms with Crippen LogP contribution in [0.2, 0.25) is 0 Å². The number of aromatic nitrogens is 2. The quantitative estimate of drug-likeness (QED) is 0.269. The van der Waals surface area contributed by atoms with E-state index in [2.05, 4.69) is 23.3 Å². The SMILES string of the molecule is CC1(C)CC(=O)c2c(CC3CC3)nn(-c3ccc(C(N)=O)c(N[C@H]4CC[C@H](OS(=O)(=O)[O-])CC4)c3)c2C1.[Na+]. The van der Waals surface area contributed by atoms with Gasteiger partial charge in [-0.3, -0.25) is 13.8 Å². The summed E-state index contributed by atoms with van der Waals surface area (Å²) in [5, 5.41) is 8.30. The zero-order valence-corrected chi connectivity index (χ0v) is 25.0. The van der Waals surface area contributed by atoms with Crippen LogP contribution in [0.5, 0.6) is 0 Å². The molecule has 0 atom stereocenters. The second-order valence-corrected chi connectivity index (χ2v) is 12.5. The summed E-state index contributed by atoms with van der Waals surface area (Å²) in [6, 6.07) is 5.25. The van der Waals surface area contributed by atoms with Gasteiger partial charge < -0.3 is 15.6 Å². The van der Waals surface area contributed by atoms with Crippen molar-refractivity contribution < 1.29 is 56.3 Å². The number of primary amides is 1. The van der Waals surface area contributed by atoms with Crippen molar-refractivity contribution in [3.05, 3.63) is 40.7 Å². The van der Waals surface area contributed by atoms with E-state index in [1.807, 2.05) is 10.7 Å². The smallest absolute Gasteiger partial charge is 0.726 e. The molecule has 2 saturated carbocycles. The normalized spacial score (nSPS) is 22.9. The van der Waals surface area contributed by atoms with E-state index < -0.39 is 22.4 Å². The number of nitrogens with two attached hydrogens (primary N) is 1. The summed E-state index contributed by atoms with van der Waals surface area (Å²) >= 11 is 0. The maximum absolute atomic E-state index is 13.2. The third-order valence-electron chi connectivity index (χ3n) is 7.60. The molecule has 0 radical (unpaired) electrons. The molecule has 2 aromatic rings. The fraction of sp³-hybridized carbons (Fsp3) is 0.577.